The zero-order valence-corrected chi connectivity index (χ0v) is 10.0. The van der Waals surface area contributed by atoms with Crippen LogP contribution in [0.2, 0.25) is 0 Å². The van der Waals surface area contributed by atoms with Crippen LogP contribution >= 0.6 is 0 Å². The van der Waals surface area contributed by atoms with Crippen molar-refractivity contribution < 1.29 is 5.11 Å². The molecule has 1 aromatic rings. The molecule has 1 nitrogen and oxygen atoms in total. The summed E-state index contributed by atoms with van der Waals surface area (Å²) in [6, 6.07) is 10.0. The van der Waals surface area contributed by atoms with Gasteiger partial charge in [0.15, 0.2) is 0 Å². The number of hydrogen-bond acceptors (Lipinski definition) is 1. The van der Waals surface area contributed by atoms with Gasteiger partial charge in [-0.1, -0.05) is 63.9 Å². The van der Waals surface area contributed by atoms with Crippen molar-refractivity contribution in [2.75, 3.05) is 0 Å². The van der Waals surface area contributed by atoms with Crippen LogP contribution in [-0.4, -0.2) is 5.11 Å². The molecule has 2 atom stereocenters. The molecule has 2 unspecified atom stereocenters. The van der Waals surface area contributed by atoms with Crippen molar-refractivity contribution in [3.05, 3.63) is 35.9 Å². The fourth-order valence-corrected chi connectivity index (χ4v) is 2.12. The zero-order chi connectivity index (χ0) is 11.3. The summed E-state index contributed by atoms with van der Waals surface area (Å²) in [5.74, 6) is 0.305. The number of benzene rings is 1. The van der Waals surface area contributed by atoms with E-state index in [4.69, 9.17) is 0 Å². The molecule has 0 saturated carbocycles. The predicted molar refractivity (Wildman–Crippen MR) is 64.7 cm³/mol. The average Bonchev–Trinajstić information content (AvgIpc) is 2.29. The molecule has 0 heterocycles. The molecule has 0 saturated heterocycles. The van der Waals surface area contributed by atoms with Gasteiger partial charge in [0.1, 0.15) is 0 Å². The minimum atomic E-state index is -0.648. The highest BCUT2D eigenvalue weighted by Crippen LogP contribution is 2.35. The lowest BCUT2D eigenvalue weighted by atomic mass is 9.78. The van der Waals surface area contributed by atoms with Crippen molar-refractivity contribution in [1.29, 1.82) is 0 Å². The molecule has 15 heavy (non-hydrogen) atoms. The van der Waals surface area contributed by atoms with E-state index in [1.54, 1.807) is 0 Å². The van der Waals surface area contributed by atoms with E-state index in [1.807, 2.05) is 30.3 Å². The molecule has 0 fully saturated rings. The van der Waals surface area contributed by atoms with E-state index < -0.39 is 5.60 Å². The molecule has 84 valence electrons. The molecule has 0 aliphatic carbocycles. The van der Waals surface area contributed by atoms with E-state index >= 15 is 0 Å². The molecule has 1 aromatic carbocycles. The zero-order valence-electron chi connectivity index (χ0n) is 10.0. The van der Waals surface area contributed by atoms with E-state index in [2.05, 4.69) is 20.8 Å². The Morgan fingerprint density at radius 3 is 2.27 bits per heavy atom. The van der Waals surface area contributed by atoms with E-state index in [-0.39, 0.29) is 0 Å². The maximum Gasteiger partial charge on any atom is 0.0921 e. The quantitative estimate of drug-likeness (QED) is 0.778. The van der Waals surface area contributed by atoms with Crippen molar-refractivity contribution in [3.63, 3.8) is 0 Å². The first kappa shape index (κ1) is 12.3. The summed E-state index contributed by atoms with van der Waals surface area (Å²) in [7, 11) is 0. The fourth-order valence-electron chi connectivity index (χ4n) is 2.12. The maximum absolute atomic E-state index is 10.8. The van der Waals surface area contributed by atoms with Gasteiger partial charge in [-0.05, 0) is 17.9 Å². The van der Waals surface area contributed by atoms with Crippen molar-refractivity contribution in [2.45, 2.75) is 45.6 Å². The van der Waals surface area contributed by atoms with Crippen LogP contribution in [0.1, 0.15) is 45.6 Å². The van der Waals surface area contributed by atoms with E-state index in [1.165, 1.54) is 0 Å². The van der Waals surface area contributed by atoms with Crippen molar-refractivity contribution >= 4 is 0 Å². The van der Waals surface area contributed by atoms with Crippen LogP contribution in [-0.2, 0) is 5.60 Å². The lowest BCUT2D eigenvalue weighted by molar-refractivity contribution is -0.0274. The van der Waals surface area contributed by atoms with Crippen LogP contribution in [0, 0.1) is 5.92 Å². The highest BCUT2D eigenvalue weighted by molar-refractivity contribution is 5.23. The Kier molecular flexibility index (Phi) is 4.34. The minimum absolute atomic E-state index is 0.305. The predicted octanol–water partition coefficient (Wildman–Crippen LogP) is 3.72. The monoisotopic (exact) mass is 206 g/mol. The number of hydrogen-bond donors (Lipinski definition) is 1. The third kappa shape index (κ3) is 2.60. The van der Waals surface area contributed by atoms with Gasteiger partial charge in [-0.3, -0.25) is 0 Å². The smallest absolute Gasteiger partial charge is 0.0921 e. The fraction of sp³-hybridized carbons (Fsp3) is 0.571. The van der Waals surface area contributed by atoms with Crippen LogP contribution in [0.3, 0.4) is 0 Å². The Hall–Kier alpha value is -0.820. The molecule has 0 aliphatic heterocycles. The highest BCUT2D eigenvalue weighted by atomic mass is 16.3. The van der Waals surface area contributed by atoms with Crippen LogP contribution in [0.4, 0.5) is 0 Å². The molecule has 1 heteroatoms. The lowest BCUT2D eigenvalue weighted by Crippen LogP contribution is -2.33. The van der Waals surface area contributed by atoms with Gasteiger partial charge in [-0.15, -0.1) is 0 Å². The van der Waals surface area contributed by atoms with Gasteiger partial charge in [0.2, 0.25) is 0 Å². The molecule has 0 radical (unpaired) electrons. The normalized spacial score (nSPS) is 17.1. The molecular weight excluding hydrogens is 184 g/mol. The van der Waals surface area contributed by atoms with Crippen molar-refractivity contribution in [2.24, 2.45) is 5.92 Å². The Bertz CT molecular complexity index is 281. The first-order valence-corrected chi connectivity index (χ1v) is 5.93. The van der Waals surface area contributed by atoms with Crippen LogP contribution in [0.5, 0.6) is 0 Å². The lowest BCUT2D eigenvalue weighted by Gasteiger charge is -2.34. The molecule has 1 rings (SSSR count). The molecule has 0 bridgehead atoms. The standard InChI is InChI=1S/C14H22O/c1-4-11-14(15,12(3)5-2)13-9-7-6-8-10-13/h6-10,12,15H,4-5,11H2,1-3H3. The third-order valence-electron chi connectivity index (χ3n) is 3.33. The molecule has 0 aromatic heterocycles. The summed E-state index contributed by atoms with van der Waals surface area (Å²) >= 11 is 0. The van der Waals surface area contributed by atoms with Gasteiger partial charge in [-0.25, -0.2) is 0 Å². The number of rotatable bonds is 5. The topological polar surface area (TPSA) is 20.2 Å². The SMILES string of the molecule is CCCC(O)(c1ccccc1)C(C)CC. The van der Waals surface area contributed by atoms with Gasteiger partial charge in [0, 0.05) is 0 Å². The average molecular weight is 206 g/mol. The minimum Gasteiger partial charge on any atom is -0.385 e. The van der Waals surface area contributed by atoms with Crippen LogP contribution in [0.15, 0.2) is 30.3 Å². The van der Waals surface area contributed by atoms with Gasteiger partial charge in [-0.2, -0.15) is 0 Å². The molecular formula is C14H22O. The van der Waals surface area contributed by atoms with Crippen molar-refractivity contribution in [3.8, 4) is 0 Å². The highest BCUT2D eigenvalue weighted by Gasteiger charge is 2.33. The van der Waals surface area contributed by atoms with Crippen molar-refractivity contribution in [1.82, 2.24) is 0 Å². The Labute approximate surface area is 93.1 Å². The van der Waals surface area contributed by atoms with Crippen LogP contribution < -0.4 is 0 Å². The second kappa shape index (κ2) is 5.32. The second-order valence-corrected chi connectivity index (χ2v) is 4.35. The van der Waals surface area contributed by atoms with E-state index in [0.717, 1.165) is 24.8 Å². The molecule has 0 amide bonds. The second-order valence-electron chi connectivity index (χ2n) is 4.35. The summed E-state index contributed by atoms with van der Waals surface area (Å²) in [6.07, 6.45) is 2.85. The summed E-state index contributed by atoms with van der Waals surface area (Å²) in [5, 5.41) is 10.8. The first-order chi connectivity index (χ1) is 7.15. The molecule has 1 N–H and O–H groups in total. The summed E-state index contributed by atoms with van der Waals surface area (Å²) < 4.78 is 0. The molecule has 0 aliphatic rings. The Balaban J connectivity index is 3.01. The van der Waals surface area contributed by atoms with Crippen LogP contribution in [0.25, 0.3) is 0 Å². The third-order valence-corrected chi connectivity index (χ3v) is 3.33. The van der Waals surface area contributed by atoms with E-state index in [9.17, 15) is 5.11 Å². The summed E-state index contributed by atoms with van der Waals surface area (Å²) in [6.45, 7) is 6.38. The van der Waals surface area contributed by atoms with Gasteiger partial charge < -0.3 is 5.11 Å². The Morgan fingerprint density at radius 1 is 1.20 bits per heavy atom. The first-order valence-electron chi connectivity index (χ1n) is 5.93. The summed E-state index contributed by atoms with van der Waals surface area (Å²) in [5.41, 5.74) is 0.409. The molecule has 0 spiro atoms. The number of aliphatic hydroxyl groups is 1. The summed E-state index contributed by atoms with van der Waals surface area (Å²) in [4.78, 5) is 0. The van der Waals surface area contributed by atoms with Gasteiger partial charge >= 0.3 is 0 Å². The largest absolute Gasteiger partial charge is 0.385 e. The maximum atomic E-state index is 10.8. The van der Waals surface area contributed by atoms with Gasteiger partial charge in [0.05, 0.1) is 5.60 Å². The van der Waals surface area contributed by atoms with Gasteiger partial charge in [0.25, 0.3) is 0 Å². The van der Waals surface area contributed by atoms with E-state index in [0.29, 0.717) is 5.92 Å². The Morgan fingerprint density at radius 2 is 1.80 bits per heavy atom.